The molecule has 6 nitrogen and oxygen atoms in total. The molecule has 0 radical (unpaired) electrons. The Morgan fingerprint density at radius 3 is 2.56 bits per heavy atom. The van der Waals surface area contributed by atoms with Crippen LogP contribution >= 0.6 is 11.3 Å². The van der Waals surface area contributed by atoms with Crippen LogP contribution in [0.2, 0.25) is 0 Å². The van der Waals surface area contributed by atoms with Crippen LogP contribution in [0.25, 0.3) is 20.5 Å². The molecule has 4 aromatic rings. The minimum Gasteiger partial charge on any atom is -0.508 e. The summed E-state index contributed by atoms with van der Waals surface area (Å²) in [6, 6.07) is 21.6. The number of phenols is 1. The summed E-state index contributed by atoms with van der Waals surface area (Å²) < 4.78 is 12.5. The van der Waals surface area contributed by atoms with E-state index >= 15 is 0 Å². The second-order valence-corrected chi connectivity index (χ2v) is 12.3. The number of thiophene rings is 1. The Balaban J connectivity index is 1.24. The van der Waals surface area contributed by atoms with Gasteiger partial charge in [0.15, 0.2) is 0 Å². The zero-order chi connectivity index (χ0) is 28.2. The molecule has 1 atom stereocenters. The van der Waals surface area contributed by atoms with Crippen LogP contribution in [0.4, 0.5) is 0 Å². The van der Waals surface area contributed by atoms with Gasteiger partial charge in [-0.05, 0) is 84.1 Å². The van der Waals surface area contributed by atoms with Gasteiger partial charge in [-0.1, -0.05) is 36.4 Å². The Kier molecular flexibility index (Phi) is 8.89. The first-order valence-corrected chi connectivity index (χ1v) is 15.6. The lowest BCUT2D eigenvalue weighted by Gasteiger charge is -2.27. The van der Waals surface area contributed by atoms with Crippen molar-refractivity contribution in [2.24, 2.45) is 0 Å². The van der Waals surface area contributed by atoms with E-state index in [0.29, 0.717) is 11.8 Å². The van der Waals surface area contributed by atoms with Gasteiger partial charge in [-0.3, -0.25) is 9.80 Å². The summed E-state index contributed by atoms with van der Waals surface area (Å²) in [5.74, 6) is 1.22. The molecule has 3 aromatic carbocycles. The van der Waals surface area contributed by atoms with Crippen LogP contribution in [0.1, 0.15) is 35.1 Å². The van der Waals surface area contributed by atoms with Crippen LogP contribution in [-0.2, 0) is 24.1 Å². The highest BCUT2D eigenvalue weighted by molar-refractivity contribution is 7.22. The monoisotopic (exact) mass is 572 g/mol. The SMILES string of the molecule is COc1cc(Cc2c(-c3ccc(CCN4CCCC4CO)cc3)sc3cc(O)ccc23)ccc1CN1CCOCC1. The van der Waals surface area contributed by atoms with Crippen molar-refractivity contribution in [3.05, 3.63) is 82.9 Å². The Labute approximate surface area is 246 Å². The number of aliphatic hydroxyl groups is 1. The van der Waals surface area contributed by atoms with Gasteiger partial charge in [-0.25, -0.2) is 0 Å². The first-order valence-electron chi connectivity index (χ1n) is 14.8. The van der Waals surface area contributed by atoms with Crippen molar-refractivity contribution in [1.29, 1.82) is 0 Å². The number of aromatic hydroxyl groups is 1. The number of rotatable bonds is 10. The lowest BCUT2D eigenvalue weighted by Crippen LogP contribution is -2.35. The van der Waals surface area contributed by atoms with Crippen molar-refractivity contribution in [2.75, 3.05) is 53.1 Å². The molecule has 3 heterocycles. The van der Waals surface area contributed by atoms with Crippen molar-refractivity contribution in [1.82, 2.24) is 9.80 Å². The van der Waals surface area contributed by atoms with Crippen molar-refractivity contribution in [3.63, 3.8) is 0 Å². The van der Waals surface area contributed by atoms with Crippen LogP contribution in [0, 0.1) is 0 Å². The van der Waals surface area contributed by atoms with E-state index in [1.165, 1.54) is 44.5 Å². The van der Waals surface area contributed by atoms with Gasteiger partial charge < -0.3 is 19.7 Å². The first kappa shape index (κ1) is 28.2. The number of aliphatic hydroxyl groups excluding tert-OH is 1. The highest BCUT2D eigenvalue weighted by Crippen LogP contribution is 2.41. The fourth-order valence-electron chi connectivity index (χ4n) is 6.27. The minimum absolute atomic E-state index is 0.256. The summed E-state index contributed by atoms with van der Waals surface area (Å²) in [6.07, 6.45) is 4.05. The molecule has 216 valence electrons. The number of hydrogen-bond donors (Lipinski definition) is 2. The van der Waals surface area contributed by atoms with E-state index in [2.05, 4.69) is 52.3 Å². The molecule has 0 spiro atoms. The maximum atomic E-state index is 10.2. The number of phenolic OH excluding ortho intramolecular Hbond substituents is 1. The van der Waals surface area contributed by atoms with Crippen LogP contribution in [0.15, 0.2) is 60.7 Å². The van der Waals surface area contributed by atoms with Crippen LogP contribution in [-0.4, -0.2) is 79.2 Å². The second kappa shape index (κ2) is 12.9. The van der Waals surface area contributed by atoms with Crippen molar-refractivity contribution < 1.29 is 19.7 Å². The number of nitrogens with zero attached hydrogens (tertiary/aromatic N) is 2. The largest absolute Gasteiger partial charge is 0.508 e. The van der Waals surface area contributed by atoms with Gasteiger partial charge in [0, 0.05) is 47.4 Å². The summed E-state index contributed by atoms with van der Waals surface area (Å²) in [5.41, 5.74) is 6.21. The minimum atomic E-state index is 0.256. The molecule has 0 saturated carbocycles. The normalized spacial score (nSPS) is 18.3. The van der Waals surface area contributed by atoms with E-state index < -0.39 is 0 Å². The quantitative estimate of drug-likeness (QED) is 0.254. The predicted octanol–water partition coefficient (Wildman–Crippen LogP) is 5.70. The molecule has 0 aliphatic carbocycles. The maximum Gasteiger partial charge on any atom is 0.123 e. The zero-order valence-electron chi connectivity index (χ0n) is 23.8. The molecule has 6 rings (SSSR count). The number of ether oxygens (including phenoxy) is 2. The van der Waals surface area contributed by atoms with E-state index in [-0.39, 0.29) is 6.61 Å². The van der Waals surface area contributed by atoms with Crippen molar-refractivity contribution in [2.45, 2.75) is 38.3 Å². The van der Waals surface area contributed by atoms with Gasteiger partial charge in [0.1, 0.15) is 11.5 Å². The fourth-order valence-corrected chi connectivity index (χ4v) is 7.53. The molecule has 2 saturated heterocycles. The molecule has 2 aliphatic heterocycles. The lowest BCUT2D eigenvalue weighted by atomic mass is 9.97. The summed E-state index contributed by atoms with van der Waals surface area (Å²) >= 11 is 1.74. The fraction of sp³-hybridized carbons (Fsp3) is 0.412. The van der Waals surface area contributed by atoms with Crippen LogP contribution in [0.3, 0.4) is 0 Å². The molecule has 0 amide bonds. The average Bonchev–Trinajstić information content (AvgIpc) is 3.61. The van der Waals surface area contributed by atoms with Crippen LogP contribution in [0.5, 0.6) is 11.5 Å². The average molecular weight is 573 g/mol. The molecule has 2 aliphatic rings. The van der Waals surface area contributed by atoms with Crippen molar-refractivity contribution >= 4 is 21.4 Å². The standard InChI is InChI=1S/C34H40N2O4S/c1-39-32-20-25(6-9-27(32)22-35-15-17-40-18-16-35)19-31-30-11-10-29(38)21-33(30)41-34(31)26-7-4-24(5-8-26)12-14-36-13-2-3-28(36)23-37/h4-11,20-21,28,37-38H,2-3,12-19,22-23H2,1H3. The van der Waals surface area contributed by atoms with Gasteiger partial charge >= 0.3 is 0 Å². The smallest absolute Gasteiger partial charge is 0.123 e. The summed E-state index contributed by atoms with van der Waals surface area (Å²) in [4.78, 5) is 6.08. The summed E-state index contributed by atoms with van der Waals surface area (Å²) in [7, 11) is 1.76. The maximum absolute atomic E-state index is 10.2. The highest BCUT2D eigenvalue weighted by Gasteiger charge is 2.23. The topological polar surface area (TPSA) is 65.4 Å². The molecule has 2 fully saturated rings. The van der Waals surface area contributed by atoms with E-state index in [1.807, 2.05) is 12.1 Å². The Bertz CT molecular complexity index is 1460. The highest BCUT2D eigenvalue weighted by atomic mass is 32.1. The third-order valence-corrected chi connectivity index (χ3v) is 9.86. The number of likely N-dealkylation sites (tertiary alicyclic amines) is 1. The molecule has 41 heavy (non-hydrogen) atoms. The number of hydrogen-bond acceptors (Lipinski definition) is 7. The first-order chi connectivity index (χ1) is 20.1. The van der Waals surface area contributed by atoms with E-state index in [0.717, 1.165) is 75.6 Å². The third-order valence-electron chi connectivity index (χ3n) is 8.62. The van der Waals surface area contributed by atoms with E-state index in [9.17, 15) is 10.2 Å². The molecule has 1 aromatic heterocycles. The van der Waals surface area contributed by atoms with E-state index in [4.69, 9.17) is 9.47 Å². The molecule has 1 unspecified atom stereocenters. The Hall–Kier alpha value is -2.94. The number of fused-ring (bicyclic) bond motifs is 1. The van der Waals surface area contributed by atoms with Gasteiger partial charge in [0.2, 0.25) is 0 Å². The van der Waals surface area contributed by atoms with Gasteiger partial charge in [0.05, 0.1) is 26.9 Å². The molecular weight excluding hydrogens is 532 g/mol. The van der Waals surface area contributed by atoms with E-state index in [1.54, 1.807) is 24.5 Å². The number of methoxy groups -OCH3 is 1. The van der Waals surface area contributed by atoms with Gasteiger partial charge in [-0.2, -0.15) is 0 Å². The lowest BCUT2D eigenvalue weighted by molar-refractivity contribution is 0.0339. The van der Waals surface area contributed by atoms with Crippen LogP contribution < -0.4 is 4.74 Å². The number of benzene rings is 3. The molecular formula is C34H40N2O4S. The summed E-state index contributed by atoms with van der Waals surface area (Å²) in [5, 5.41) is 21.0. The van der Waals surface area contributed by atoms with Gasteiger partial charge in [0.25, 0.3) is 0 Å². The zero-order valence-corrected chi connectivity index (χ0v) is 24.7. The third kappa shape index (κ3) is 6.45. The Morgan fingerprint density at radius 2 is 1.78 bits per heavy atom. The summed E-state index contributed by atoms with van der Waals surface area (Å²) in [6.45, 7) is 6.66. The Morgan fingerprint density at radius 1 is 0.976 bits per heavy atom. The molecule has 2 N–H and O–H groups in total. The number of morpholine rings is 1. The van der Waals surface area contributed by atoms with Gasteiger partial charge in [-0.15, -0.1) is 11.3 Å². The molecule has 7 heteroatoms. The molecule has 0 bridgehead atoms. The van der Waals surface area contributed by atoms with Crippen molar-refractivity contribution in [3.8, 4) is 21.9 Å². The second-order valence-electron chi connectivity index (χ2n) is 11.3. The predicted molar refractivity (Wildman–Crippen MR) is 166 cm³/mol.